The van der Waals surface area contributed by atoms with Crippen LogP contribution in [0.25, 0.3) is 0 Å². The van der Waals surface area contributed by atoms with Gasteiger partial charge in [0.1, 0.15) is 11.1 Å². The van der Waals surface area contributed by atoms with Crippen molar-refractivity contribution in [3.63, 3.8) is 0 Å². The highest BCUT2D eigenvalue weighted by molar-refractivity contribution is 7.17. The average Bonchev–Trinajstić information content (AvgIpc) is 3.37. The van der Waals surface area contributed by atoms with Crippen molar-refractivity contribution in [2.45, 2.75) is 44.8 Å². The minimum Gasteiger partial charge on any atom is -0.368 e. The summed E-state index contributed by atoms with van der Waals surface area (Å²) in [6.07, 6.45) is 4.20. The van der Waals surface area contributed by atoms with Gasteiger partial charge in [-0.15, -0.1) is 11.3 Å². The van der Waals surface area contributed by atoms with E-state index in [1.54, 1.807) is 0 Å². The van der Waals surface area contributed by atoms with Gasteiger partial charge in [0.25, 0.3) is 11.8 Å². The molecule has 1 fully saturated rings. The van der Waals surface area contributed by atoms with Crippen molar-refractivity contribution in [2.24, 2.45) is 0 Å². The van der Waals surface area contributed by atoms with Gasteiger partial charge in [0, 0.05) is 18.0 Å². The molecule has 0 unspecified atom stereocenters. The van der Waals surface area contributed by atoms with E-state index in [4.69, 9.17) is 4.74 Å². The summed E-state index contributed by atoms with van der Waals surface area (Å²) in [5.74, 6) is -0.254. The molecule has 1 atom stereocenters. The van der Waals surface area contributed by atoms with E-state index in [9.17, 15) is 9.59 Å². The Kier molecular flexibility index (Phi) is 5.04. The molecule has 4 rings (SSSR count). The zero-order chi connectivity index (χ0) is 17.9. The van der Waals surface area contributed by atoms with Crippen molar-refractivity contribution in [3.05, 3.63) is 51.9 Å². The molecule has 2 aromatic rings. The number of hydrogen-bond acceptors (Lipinski definition) is 4. The van der Waals surface area contributed by atoms with E-state index < -0.39 is 6.10 Å². The summed E-state index contributed by atoms with van der Waals surface area (Å²) in [7, 11) is 0. The lowest BCUT2D eigenvalue weighted by Crippen LogP contribution is -2.29. The Morgan fingerprint density at radius 2 is 2.00 bits per heavy atom. The van der Waals surface area contributed by atoms with E-state index in [1.807, 2.05) is 30.3 Å². The van der Waals surface area contributed by atoms with Crippen molar-refractivity contribution < 1.29 is 14.3 Å². The van der Waals surface area contributed by atoms with Crippen molar-refractivity contribution in [3.8, 4) is 0 Å². The molecule has 0 saturated carbocycles. The predicted octanol–water partition coefficient (Wildman–Crippen LogP) is 3.28. The van der Waals surface area contributed by atoms with E-state index >= 15 is 0 Å². The standard InChI is InChI=1S/C20H22N2O3S/c23-18(15-9-5-11-25-15)22-20-17(14-8-4-10-16(14)26-20)19(24)21-12-13-6-2-1-3-7-13/h1-3,6-7,15H,4-5,8-12H2,(H,21,24)(H,22,23)/t15-/m0/s1. The number of thiophene rings is 1. The quantitative estimate of drug-likeness (QED) is 0.849. The zero-order valence-corrected chi connectivity index (χ0v) is 15.4. The molecule has 1 aromatic heterocycles. The molecule has 2 amide bonds. The first-order valence-electron chi connectivity index (χ1n) is 9.11. The maximum absolute atomic E-state index is 12.9. The van der Waals surface area contributed by atoms with E-state index in [0.29, 0.717) is 23.7 Å². The Morgan fingerprint density at radius 3 is 2.77 bits per heavy atom. The largest absolute Gasteiger partial charge is 0.368 e. The van der Waals surface area contributed by atoms with Crippen LogP contribution in [0.4, 0.5) is 5.00 Å². The van der Waals surface area contributed by atoms with Crippen LogP contribution in [-0.4, -0.2) is 24.5 Å². The molecule has 0 spiro atoms. The molecular formula is C20H22N2O3S. The first-order chi connectivity index (χ1) is 12.7. The number of amides is 2. The third-order valence-corrected chi connectivity index (χ3v) is 6.11. The molecule has 2 aliphatic rings. The van der Waals surface area contributed by atoms with E-state index in [-0.39, 0.29) is 11.8 Å². The molecule has 1 aliphatic carbocycles. The second kappa shape index (κ2) is 7.60. The molecule has 0 bridgehead atoms. The van der Waals surface area contributed by atoms with Gasteiger partial charge < -0.3 is 15.4 Å². The Bertz CT molecular complexity index is 810. The van der Waals surface area contributed by atoms with Gasteiger partial charge in [0.2, 0.25) is 0 Å². The molecule has 1 aliphatic heterocycles. The fourth-order valence-electron chi connectivity index (χ4n) is 3.58. The number of fused-ring (bicyclic) bond motifs is 1. The summed E-state index contributed by atoms with van der Waals surface area (Å²) in [6.45, 7) is 1.10. The number of aryl methyl sites for hydroxylation is 1. The molecule has 0 radical (unpaired) electrons. The molecule has 1 aromatic carbocycles. The monoisotopic (exact) mass is 370 g/mol. The van der Waals surface area contributed by atoms with Gasteiger partial charge in [-0.2, -0.15) is 0 Å². The van der Waals surface area contributed by atoms with Crippen molar-refractivity contribution >= 4 is 28.2 Å². The maximum Gasteiger partial charge on any atom is 0.254 e. The second-order valence-corrected chi connectivity index (χ2v) is 7.83. The predicted molar refractivity (Wildman–Crippen MR) is 102 cm³/mol. The Morgan fingerprint density at radius 1 is 1.15 bits per heavy atom. The average molecular weight is 370 g/mol. The third-order valence-electron chi connectivity index (χ3n) is 4.90. The lowest BCUT2D eigenvalue weighted by atomic mass is 10.1. The number of anilines is 1. The smallest absolute Gasteiger partial charge is 0.254 e. The minimum atomic E-state index is -0.396. The number of hydrogen-bond donors (Lipinski definition) is 2. The molecule has 136 valence electrons. The Hall–Kier alpha value is -2.18. The lowest BCUT2D eigenvalue weighted by Gasteiger charge is -2.12. The van der Waals surface area contributed by atoms with Gasteiger partial charge in [0.15, 0.2) is 0 Å². The first-order valence-corrected chi connectivity index (χ1v) is 9.93. The van der Waals surface area contributed by atoms with Crippen molar-refractivity contribution in [1.82, 2.24) is 5.32 Å². The van der Waals surface area contributed by atoms with Gasteiger partial charge in [0.05, 0.1) is 5.56 Å². The fraction of sp³-hybridized carbons (Fsp3) is 0.400. The van der Waals surface area contributed by atoms with Crippen LogP contribution in [0.15, 0.2) is 30.3 Å². The highest BCUT2D eigenvalue weighted by Crippen LogP contribution is 2.39. The number of benzene rings is 1. The van der Waals surface area contributed by atoms with Crippen LogP contribution in [0.3, 0.4) is 0 Å². The third kappa shape index (κ3) is 3.52. The van der Waals surface area contributed by atoms with Crippen LogP contribution in [-0.2, 0) is 28.9 Å². The van der Waals surface area contributed by atoms with Crippen LogP contribution < -0.4 is 10.6 Å². The molecular weight excluding hydrogens is 348 g/mol. The Balaban J connectivity index is 1.52. The van der Waals surface area contributed by atoms with E-state index in [2.05, 4.69) is 10.6 Å². The van der Waals surface area contributed by atoms with Crippen LogP contribution in [0, 0.1) is 0 Å². The first kappa shape index (κ1) is 17.2. The van der Waals surface area contributed by atoms with Crippen molar-refractivity contribution in [2.75, 3.05) is 11.9 Å². The number of carbonyl (C=O) groups excluding carboxylic acids is 2. The number of nitrogens with one attached hydrogen (secondary N) is 2. The van der Waals surface area contributed by atoms with Gasteiger partial charge in [-0.3, -0.25) is 9.59 Å². The summed E-state index contributed by atoms with van der Waals surface area (Å²) in [5, 5.41) is 6.62. The number of rotatable bonds is 5. The Labute approximate surface area is 156 Å². The van der Waals surface area contributed by atoms with Crippen LogP contribution in [0.1, 0.15) is 45.6 Å². The molecule has 1 saturated heterocycles. The van der Waals surface area contributed by atoms with Gasteiger partial charge >= 0.3 is 0 Å². The van der Waals surface area contributed by atoms with E-state index in [0.717, 1.165) is 43.2 Å². The highest BCUT2D eigenvalue weighted by Gasteiger charge is 2.30. The topological polar surface area (TPSA) is 67.4 Å². The molecule has 2 heterocycles. The summed E-state index contributed by atoms with van der Waals surface area (Å²) in [6, 6.07) is 9.83. The molecule has 26 heavy (non-hydrogen) atoms. The van der Waals surface area contributed by atoms with E-state index in [1.165, 1.54) is 16.2 Å². The van der Waals surface area contributed by atoms with Crippen molar-refractivity contribution in [1.29, 1.82) is 0 Å². The normalized spacial score (nSPS) is 18.5. The molecule has 5 nitrogen and oxygen atoms in total. The highest BCUT2D eigenvalue weighted by atomic mass is 32.1. The lowest BCUT2D eigenvalue weighted by molar-refractivity contribution is -0.124. The summed E-state index contributed by atoms with van der Waals surface area (Å²) in [4.78, 5) is 26.5. The molecule has 2 N–H and O–H groups in total. The number of ether oxygens (including phenoxy) is 1. The fourth-order valence-corrected chi connectivity index (χ4v) is 4.87. The van der Waals surface area contributed by atoms with Gasteiger partial charge in [-0.1, -0.05) is 30.3 Å². The van der Waals surface area contributed by atoms with Crippen LogP contribution in [0.2, 0.25) is 0 Å². The zero-order valence-electron chi connectivity index (χ0n) is 14.5. The number of carbonyl (C=O) groups is 2. The second-order valence-electron chi connectivity index (χ2n) is 6.72. The SMILES string of the molecule is O=C(NCc1ccccc1)c1c(NC(=O)[C@@H]2CCCO2)sc2c1CCC2. The van der Waals surface area contributed by atoms with Gasteiger partial charge in [-0.25, -0.2) is 0 Å². The summed E-state index contributed by atoms with van der Waals surface area (Å²) in [5.41, 5.74) is 2.80. The van der Waals surface area contributed by atoms with Gasteiger partial charge in [-0.05, 0) is 43.2 Å². The van der Waals surface area contributed by atoms with Crippen LogP contribution >= 0.6 is 11.3 Å². The maximum atomic E-state index is 12.9. The summed E-state index contributed by atoms with van der Waals surface area (Å²) >= 11 is 1.54. The minimum absolute atomic E-state index is 0.115. The van der Waals surface area contributed by atoms with Crippen LogP contribution in [0.5, 0.6) is 0 Å². The molecule has 6 heteroatoms. The summed E-state index contributed by atoms with van der Waals surface area (Å²) < 4.78 is 5.46.